The zero-order valence-corrected chi connectivity index (χ0v) is 22.2. The van der Waals surface area contributed by atoms with Gasteiger partial charge in [-0.15, -0.1) is 0 Å². The van der Waals surface area contributed by atoms with Gasteiger partial charge in [0.15, 0.2) is 11.6 Å². The van der Waals surface area contributed by atoms with Crippen LogP contribution >= 0.6 is 0 Å². The Balaban J connectivity index is 1.44. The van der Waals surface area contributed by atoms with Gasteiger partial charge in [0.25, 0.3) is 11.8 Å². The number of aromatic amines is 1. The molecule has 4 N–H and O–H groups in total. The Hall–Kier alpha value is -3.70. The Labute approximate surface area is 225 Å². The summed E-state index contributed by atoms with van der Waals surface area (Å²) in [5.41, 5.74) is 3.21. The minimum absolute atomic E-state index is 0.0139. The lowest BCUT2D eigenvalue weighted by Crippen LogP contribution is -2.56. The Morgan fingerprint density at radius 2 is 2.03 bits per heavy atom. The Morgan fingerprint density at radius 3 is 2.69 bits per heavy atom. The number of aliphatic hydroxyl groups is 2. The SMILES string of the molecule is COc1cc(-c2ccnc3c(C(=O)N[C@H]4CCN(C(=O)[C@H](C)O)C[C@@H]4O)c(C)[nH]c23)c(OCC2CC2)cc1F. The molecule has 5 rings (SSSR count). The highest BCUT2D eigenvalue weighted by atomic mass is 19.1. The molecule has 3 heterocycles. The van der Waals surface area contributed by atoms with E-state index in [9.17, 15) is 24.2 Å². The summed E-state index contributed by atoms with van der Waals surface area (Å²) in [6, 6.07) is 4.10. The van der Waals surface area contributed by atoms with Crippen LogP contribution in [0.3, 0.4) is 0 Å². The minimum atomic E-state index is -1.15. The summed E-state index contributed by atoms with van der Waals surface area (Å²) < 4.78 is 25.8. The molecule has 2 fully saturated rings. The van der Waals surface area contributed by atoms with Crippen LogP contribution in [0, 0.1) is 18.7 Å². The average molecular weight is 541 g/mol. The number of halogens is 1. The summed E-state index contributed by atoms with van der Waals surface area (Å²) in [4.78, 5) is 34.6. The van der Waals surface area contributed by atoms with Crippen molar-refractivity contribution in [2.24, 2.45) is 5.92 Å². The first kappa shape index (κ1) is 26.9. The molecule has 3 aromatic rings. The first-order valence-electron chi connectivity index (χ1n) is 13.1. The standard InChI is InChI=1S/C28H33FN4O6/c1-14-24(27(36)32-20-7-9-33(12-21(20)35)28(37)15(2)34)26-25(31-14)17(6-8-30-26)18-10-23(38-3)19(29)11-22(18)39-13-16-4-5-16/h6,8,10-11,15-16,20-21,31,34-35H,4-5,7,9,12-13H2,1-3H3,(H,32,36)/t15-,20-,21-/m0/s1. The van der Waals surface area contributed by atoms with Crippen LogP contribution in [-0.4, -0.2) is 82.0 Å². The number of benzene rings is 1. The first-order chi connectivity index (χ1) is 18.7. The van der Waals surface area contributed by atoms with Crippen molar-refractivity contribution in [1.82, 2.24) is 20.2 Å². The number of piperidine rings is 1. The molecule has 1 aliphatic heterocycles. The van der Waals surface area contributed by atoms with Crippen LogP contribution in [0.25, 0.3) is 22.2 Å². The predicted molar refractivity (Wildman–Crippen MR) is 141 cm³/mol. The number of ether oxygens (including phenoxy) is 2. The number of aliphatic hydroxyl groups excluding tert-OH is 2. The van der Waals surface area contributed by atoms with E-state index < -0.39 is 35.9 Å². The van der Waals surface area contributed by atoms with Crippen molar-refractivity contribution in [3.05, 3.63) is 41.5 Å². The average Bonchev–Trinajstić information content (AvgIpc) is 3.67. The number of likely N-dealkylation sites (tertiary alicyclic amines) is 1. The topological polar surface area (TPSA) is 137 Å². The number of carbonyl (C=O) groups is 2. The van der Waals surface area contributed by atoms with Crippen molar-refractivity contribution < 1.29 is 33.7 Å². The molecule has 208 valence electrons. The molecule has 10 nitrogen and oxygen atoms in total. The monoisotopic (exact) mass is 540 g/mol. The largest absolute Gasteiger partial charge is 0.494 e. The number of β-amino-alcohol motifs (C(OH)–C–C–N with tert-alkyl or cyclic N) is 1. The molecular formula is C28H33FN4O6. The van der Waals surface area contributed by atoms with Gasteiger partial charge in [-0.25, -0.2) is 4.39 Å². The molecule has 0 radical (unpaired) electrons. The number of nitrogens with zero attached hydrogens (tertiary/aromatic N) is 2. The number of rotatable bonds is 8. The summed E-state index contributed by atoms with van der Waals surface area (Å²) >= 11 is 0. The van der Waals surface area contributed by atoms with Crippen LogP contribution in [0.1, 0.15) is 42.2 Å². The minimum Gasteiger partial charge on any atom is -0.494 e. The number of nitrogens with one attached hydrogen (secondary N) is 2. The van der Waals surface area contributed by atoms with Gasteiger partial charge in [0.05, 0.1) is 36.9 Å². The predicted octanol–water partition coefficient (Wildman–Crippen LogP) is 2.55. The van der Waals surface area contributed by atoms with Gasteiger partial charge in [-0.1, -0.05) is 0 Å². The second-order valence-corrected chi connectivity index (χ2v) is 10.3. The van der Waals surface area contributed by atoms with Gasteiger partial charge in [0, 0.05) is 42.2 Å². The van der Waals surface area contributed by atoms with Gasteiger partial charge in [0.2, 0.25) is 0 Å². The van der Waals surface area contributed by atoms with Crippen molar-refractivity contribution in [2.75, 3.05) is 26.8 Å². The molecule has 2 aliphatic rings. The van der Waals surface area contributed by atoms with Gasteiger partial charge in [-0.3, -0.25) is 14.6 Å². The summed E-state index contributed by atoms with van der Waals surface area (Å²) in [6.07, 6.45) is 1.95. The molecule has 1 aromatic carbocycles. The van der Waals surface area contributed by atoms with Crippen molar-refractivity contribution in [3.63, 3.8) is 0 Å². The highest BCUT2D eigenvalue weighted by molar-refractivity contribution is 6.10. The maximum Gasteiger partial charge on any atom is 0.255 e. The van der Waals surface area contributed by atoms with Crippen molar-refractivity contribution >= 4 is 22.8 Å². The quantitative estimate of drug-likeness (QED) is 0.345. The van der Waals surface area contributed by atoms with Gasteiger partial charge < -0.3 is 34.9 Å². The molecule has 1 aliphatic carbocycles. The van der Waals surface area contributed by atoms with E-state index in [2.05, 4.69) is 15.3 Å². The Morgan fingerprint density at radius 1 is 1.26 bits per heavy atom. The van der Waals surface area contributed by atoms with E-state index in [-0.39, 0.29) is 12.3 Å². The zero-order chi connectivity index (χ0) is 27.8. The number of carbonyl (C=O) groups excluding carboxylic acids is 2. The fourth-order valence-corrected chi connectivity index (χ4v) is 5.03. The van der Waals surface area contributed by atoms with Gasteiger partial charge in [0.1, 0.15) is 17.4 Å². The normalized spacial score (nSPS) is 20.1. The highest BCUT2D eigenvalue weighted by Gasteiger charge is 2.33. The van der Waals surface area contributed by atoms with Crippen LogP contribution in [0.2, 0.25) is 0 Å². The lowest BCUT2D eigenvalue weighted by molar-refractivity contribution is -0.142. The number of H-pyrrole nitrogens is 1. The summed E-state index contributed by atoms with van der Waals surface area (Å²) in [6.45, 7) is 3.95. The lowest BCUT2D eigenvalue weighted by atomic mass is 10.00. The van der Waals surface area contributed by atoms with E-state index in [1.54, 1.807) is 25.3 Å². The third kappa shape index (κ3) is 5.41. The molecule has 2 aromatic heterocycles. The van der Waals surface area contributed by atoms with E-state index in [4.69, 9.17) is 9.47 Å². The maximum atomic E-state index is 14.6. The number of fused-ring (bicyclic) bond motifs is 1. The lowest BCUT2D eigenvalue weighted by Gasteiger charge is -2.36. The fourth-order valence-electron chi connectivity index (χ4n) is 5.03. The fraction of sp³-hybridized carbons (Fsp3) is 0.464. The first-order valence-corrected chi connectivity index (χ1v) is 13.1. The molecule has 0 bridgehead atoms. The third-order valence-electron chi connectivity index (χ3n) is 7.39. The maximum absolute atomic E-state index is 14.6. The highest BCUT2D eigenvalue weighted by Crippen LogP contribution is 2.40. The van der Waals surface area contributed by atoms with Crippen molar-refractivity contribution in [2.45, 2.75) is 51.4 Å². The van der Waals surface area contributed by atoms with E-state index in [0.29, 0.717) is 64.7 Å². The van der Waals surface area contributed by atoms with Gasteiger partial charge in [-0.2, -0.15) is 0 Å². The molecule has 2 amide bonds. The van der Waals surface area contributed by atoms with Crippen LogP contribution in [-0.2, 0) is 4.79 Å². The molecule has 1 saturated heterocycles. The van der Waals surface area contributed by atoms with Crippen LogP contribution in [0.4, 0.5) is 4.39 Å². The second kappa shape index (κ2) is 10.8. The number of aryl methyl sites for hydroxylation is 1. The Kier molecular flexibility index (Phi) is 7.46. The number of amides is 2. The van der Waals surface area contributed by atoms with Crippen LogP contribution in [0.15, 0.2) is 24.4 Å². The van der Waals surface area contributed by atoms with Gasteiger partial charge >= 0.3 is 0 Å². The van der Waals surface area contributed by atoms with E-state index in [1.165, 1.54) is 25.0 Å². The summed E-state index contributed by atoms with van der Waals surface area (Å²) in [5.74, 6) is -0.474. The number of aromatic nitrogens is 2. The molecular weight excluding hydrogens is 507 g/mol. The Bertz CT molecular complexity index is 1400. The summed E-state index contributed by atoms with van der Waals surface area (Å²) in [7, 11) is 1.40. The van der Waals surface area contributed by atoms with Crippen molar-refractivity contribution in [3.8, 4) is 22.6 Å². The molecule has 39 heavy (non-hydrogen) atoms. The number of hydrogen-bond acceptors (Lipinski definition) is 7. The molecule has 11 heteroatoms. The number of pyridine rings is 1. The van der Waals surface area contributed by atoms with Crippen LogP contribution in [0.5, 0.6) is 11.5 Å². The van der Waals surface area contributed by atoms with Crippen LogP contribution < -0.4 is 14.8 Å². The third-order valence-corrected chi connectivity index (χ3v) is 7.39. The molecule has 1 saturated carbocycles. The molecule has 3 atom stereocenters. The van der Waals surface area contributed by atoms with E-state index in [0.717, 1.165) is 12.8 Å². The number of hydrogen-bond donors (Lipinski definition) is 4. The zero-order valence-electron chi connectivity index (χ0n) is 22.2. The second-order valence-electron chi connectivity index (χ2n) is 10.3. The summed E-state index contributed by atoms with van der Waals surface area (Å²) in [5, 5.41) is 23.1. The van der Waals surface area contributed by atoms with E-state index in [1.807, 2.05) is 0 Å². The smallest absolute Gasteiger partial charge is 0.255 e. The molecule has 0 unspecified atom stereocenters. The van der Waals surface area contributed by atoms with Crippen molar-refractivity contribution in [1.29, 1.82) is 0 Å². The van der Waals surface area contributed by atoms with Gasteiger partial charge in [-0.05, 0) is 51.2 Å². The van der Waals surface area contributed by atoms with E-state index >= 15 is 0 Å². The molecule has 0 spiro atoms. The number of methoxy groups -OCH3 is 1.